The van der Waals surface area contributed by atoms with Gasteiger partial charge in [0.2, 0.25) is 5.91 Å². The molecule has 6 nitrogen and oxygen atoms in total. The molecule has 0 aromatic rings. The first-order valence-corrected chi connectivity index (χ1v) is 11.6. The summed E-state index contributed by atoms with van der Waals surface area (Å²) in [5, 5.41) is 0. The van der Waals surface area contributed by atoms with Crippen LogP contribution in [0.3, 0.4) is 0 Å². The van der Waals surface area contributed by atoms with E-state index in [4.69, 9.17) is 14.2 Å². The Hall–Kier alpha value is -0.690. The SMILES string of the molecule is CCOC1CN(CC(C)CC(C)(C)C(=O)N2CCC(OC3CC(OC)C3)CC2)C1. The summed E-state index contributed by atoms with van der Waals surface area (Å²) in [7, 11) is 1.77. The van der Waals surface area contributed by atoms with Crippen molar-refractivity contribution in [1.29, 1.82) is 0 Å². The Bertz CT molecular complexity index is 521. The second-order valence-corrected chi connectivity index (χ2v) is 10.1. The molecule has 1 unspecified atom stereocenters. The number of carbonyl (C=O) groups excluding carboxylic acids is 1. The molecule has 168 valence electrons. The first-order valence-electron chi connectivity index (χ1n) is 11.6. The first-order chi connectivity index (χ1) is 13.8. The molecule has 0 aromatic heterocycles. The molecule has 0 aromatic carbocycles. The lowest BCUT2D eigenvalue weighted by Gasteiger charge is -2.42. The van der Waals surface area contributed by atoms with Gasteiger partial charge in [-0.2, -0.15) is 0 Å². The molecular formula is C23H42N2O4. The highest BCUT2D eigenvalue weighted by molar-refractivity contribution is 5.82. The number of hydrogen-bond donors (Lipinski definition) is 0. The molecule has 0 N–H and O–H groups in total. The molecule has 1 atom stereocenters. The number of amides is 1. The highest BCUT2D eigenvalue weighted by Crippen LogP contribution is 2.32. The number of methoxy groups -OCH3 is 1. The Morgan fingerprint density at radius 3 is 2.31 bits per heavy atom. The number of hydrogen-bond acceptors (Lipinski definition) is 5. The molecule has 1 aliphatic carbocycles. The lowest BCUT2D eigenvalue weighted by atomic mass is 9.81. The molecular weight excluding hydrogens is 368 g/mol. The predicted molar refractivity (Wildman–Crippen MR) is 114 cm³/mol. The van der Waals surface area contributed by atoms with Crippen molar-refractivity contribution in [3.63, 3.8) is 0 Å². The van der Waals surface area contributed by atoms with Gasteiger partial charge in [0.05, 0.1) is 24.4 Å². The van der Waals surface area contributed by atoms with Crippen molar-refractivity contribution in [2.45, 2.75) is 84.2 Å². The molecule has 3 fully saturated rings. The van der Waals surface area contributed by atoms with Crippen LogP contribution in [0.4, 0.5) is 0 Å². The van der Waals surface area contributed by atoms with Crippen molar-refractivity contribution < 1.29 is 19.0 Å². The smallest absolute Gasteiger partial charge is 0.228 e. The molecule has 3 rings (SSSR count). The van der Waals surface area contributed by atoms with E-state index in [9.17, 15) is 4.79 Å². The zero-order chi connectivity index (χ0) is 21.0. The van der Waals surface area contributed by atoms with E-state index < -0.39 is 0 Å². The maximum atomic E-state index is 13.2. The van der Waals surface area contributed by atoms with E-state index in [1.807, 2.05) is 0 Å². The Labute approximate surface area is 177 Å². The fourth-order valence-electron chi connectivity index (χ4n) is 5.19. The van der Waals surface area contributed by atoms with Gasteiger partial charge in [-0.3, -0.25) is 9.69 Å². The van der Waals surface area contributed by atoms with E-state index in [2.05, 4.69) is 37.5 Å². The molecule has 0 radical (unpaired) electrons. The highest BCUT2D eigenvalue weighted by atomic mass is 16.5. The van der Waals surface area contributed by atoms with Crippen molar-refractivity contribution in [2.75, 3.05) is 46.4 Å². The second kappa shape index (κ2) is 10.1. The minimum atomic E-state index is -0.309. The van der Waals surface area contributed by atoms with Gasteiger partial charge in [0.1, 0.15) is 0 Å². The fourth-order valence-corrected chi connectivity index (χ4v) is 5.19. The highest BCUT2D eigenvalue weighted by Gasteiger charge is 2.38. The van der Waals surface area contributed by atoms with Gasteiger partial charge in [-0.15, -0.1) is 0 Å². The van der Waals surface area contributed by atoms with Crippen molar-refractivity contribution in [3.8, 4) is 0 Å². The standard InChI is InChI=1S/C23H42N2O4/c1-6-28-21-15-24(16-21)14-17(2)13-23(3,4)22(26)25-9-7-18(8-10-25)29-20-11-19(12-20)27-5/h17-21H,6-16H2,1-5H3. The van der Waals surface area contributed by atoms with Crippen molar-refractivity contribution in [1.82, 2.24) is 9.80 Å². The summed E-state index contributed by atoms with van der Waals surface area (Å²) in [6, 6.07) is 0. The zero-order valence-corrected chi connectivity index (χ0v) is 19.2. The number of rotatable bonds is 10. The Balaban J connectivity index is 1.35. The average molecular weight is 411 g/mol. The third kappa shape index (κ3) is 6.16. The lowest BCUT2D eigenvalue weighted by Crippen LogP contribution is -2.54. The second-order valence-electron chi connectivity index (χ2n) is 10.1. The van der Waals surface area contributed by atoms with Crippen LogP contribution in [0, 0.1) is 11.3 Å². The predicted octanol–water partition coefficient (Wildman–Crippen LogP) is 2.94. The van der Waals surface area contributed by atoms with E-state index in [0.717, 1.165) is 71.4 Å². The average Bonchev–Trinajstić information content (AvgIpc) is 2.62. The van der Waals surface area contributed by atoms with Crippen LogP contribution in [-0.2, 0) is 19.0 Å². The number of piperidine rings is 1. The summed E-state index contributed by atoms with van der Waals surface area (Å²) < 4.78 is 17.2. The largest absolute Gasteiger partial charge is 0.381 e. The number of ether oxygens (including phenoxy) is 3. The summed E-state index contributed by atoms with van der Waals surface area (Å²) in [5.74, 6) is 0.812. The molecule has 29 heavy (non-hydrogen) atoms. The molecule has 1 amide bonds. The summed E-state index contributed by atoms with van der Waals surface area (Å²) >= 11 is 0. The first kappa shape index (κ1) is 23.0. The quantitative estimate of drug-likeness (QED) is 0.554. The minimum Gasteiger partial charge on any atom is -0.381 e. The molecule has 2 aliphatic heterocycles. The summed E-state index contributed by atoms with van der Waals surface area (Å²) in [5.41, 5.74) is -0.309. The van der Waals surface area contributed by atoms with Crippen LogP contribution in [-0.4, -0.2) is 86.6 Å². The van der Waals surface area contributed by atoms with E-state index in [1.165, 1.54) is 0 Å². The third-order valence-electron chi connectivity index (χ3n) is 6.83. The molecule has 0 spiro atoms. The zero-order valence-electron chi connectivity index (χ0n) is 19.2. The van der Waals surface area contributed by atoms with Gasteiger partial charge >= 0.3 is 0 Å². The van der Waals surface area contributed by atoms with Gasteiger partial charge in [0.15, 0.2) is 0 Å². The van der Waals surface area contributed by atoms with Crippen LogP contribution in [0.2, 0.25) is 0 Å². The van der Waals surface area contributed by atoms with Crippen LogP contribution in [0.15, 0.2) is 0 Å². The van der Waals surface area contributed by atoms with Crippen molar-refractivity contribution >= 4 is 5.91 Å². The van der Waals surface area contributed by atoms with Crippen LogP contribution in [0.25, 0.3) is 0 Å². The molecule has 0 bridgehead atoms. The lowest BCUT2D eigenvalue weighted by molar-refractivity contribution is -0.149. The molecule has 2 heterocycles. The van der Waals surface area contributed by atoms with E-state index >= 15 is 0 Å². The van der Waals surface area contributed by atoms with Crippen molar-refractivity contribution in [2.24, 2.45) is 11.3 Å². The van der Waals surface area contributed by atoms with E-state index in [0.29, 0.717) is 36.2 Å². The Kier molecular flexibility index (Phi) is 7.99. The molecule has 6 heteroatoms. The van der Waals surface area contributed by atoms with Gasteiger partial charge in [0.25, 0.3) is 0 Å². The number of likely N-dealkylation sites (tertiary alicyclic amines) is 2. The topological polar surface area (TPSA) is 51.2 Å². The third-order valence-corrected chi connectivity index (χ3v) is 6.83. The molecule has 2 saturated heterocycles. The van der Waals surface area contributed by atoms with Crippen LogP contribution in [0.5, 0.6) is 0 Å². The minimum absolute atomic E-state index is 0.300. The van der Waals surface area contributed by atoms with Gasteiger partial charge < -0.3 is 19.1 Å². The Morgan fingerprint density at radius 1 is 1.07 bits per heavy atom. The number of nitrogens with zero attached hydrogens (tertiary/aromatic N) is 2. The van der Waals surface area contributed by atoms with Gasteiger partial charge in [-0.25, -0.2) is 0 Å². The molecule has 3 aliphatic rings. The Morgan fingerprint density at radius 2 is 1.72 bits per heavy atom. The van der Waals surface area contributed by atoms with Crippen LogP contribution in [0.1, 0.15) is 59.8 Å². The normalized spacial score (nSPS) is 28.1. The summed E-state index contributed by atoms with van der Waals surface area (Å²) in [6.07, 6.45) is 6.32. The van der Waals surface area contributed by atoms with E-state index in [-0.39, 0.29) is 5.41 Å². The maximum absolute atomic E-state index is 13.2. The van der Waals surface area contributed by atoms with E-state index in [1.54, 1.807) is 7.11 Å². The van der Waals surface area contributed by atoms with Crippen molar-refractivity contribution in [3.05, 3.63) is 0 Å². The van der Waals surface area contributed by atoms with Gasteiger partial charge in [-0.1, -0.05) is 20.8 Å². The maximum Gasteiger partial charge on any atom is 0.228 e. The van der Waals surface area contributed by atoms with Gasteiger partial charge in [-0.05, 0) is 44.9 Å². The monoisotopic (exact) mass is 410 g/mol. The summed E-state index contributed by atoms with van der Waals surface area (Å²) in [4.78, 5) is 17.7. The van der Waals surface area contributed by atoms with Gasteiger partial charge in [0, 0.05) is 51.9 Å². The van der Waals surface area contributed by atoms with Crippen LogP contribution >= 0.6 is 0 Å². The molecule has 1 saturated carbocycles. The van der Waals surface area contributed by atoms with Crippen LogP contribution < -0.4 is 0 Å². The fraction of sp³-hybridized carbons (Fsp3) is 0.957. The number of carbonyl (C=O) groups is 1. The summed E-state index contributed by atoms with van der Waals surface area (Å²) in [6.45, 7) is 14.1.